The number of rotatable bonds is 3. The van der Waals surface area contributed by atoms with Gasteiger partial charge in [-0.1, -0.05) is 0 Å². The fraction of sp³-hybridized carbons (Fsp3) is 0.308. The van der Waals surface area contributed by atoms with Gasteiger partial charge in [0.05, 0.1) is 5.52 Å². The van der Waals surface area contributed by atoms with Crippen LogP contribution in [0.2, 0.25) is 0 Å². The zero-order chi connectivity index (χ0) is 12.3. The van der Waals surface area contributed by atoms with Gasteiger partial charge in [0.25, 0.3) is 5.91 Å². The first-order valence-electron chi connectivity index (χ1n) is 5.76. The van der Waals surface area contributed by atoms with Crippen molar-refractivity contribution in [2.75, 3.05) is 13.1 Å². The highest BCUT2D eigenvalue weighted by Crippen LogP contribution is 2.11. The average molecular weight is 229 g/mol. The number of carbonyl (C=O) groups excluding carboxylic acids is 1. The number of nitrogens with zero attached hydrogens (tertiary/aromatic N) is 3. The molecule has 0 aliphatic rings. The summed E-state index contributed by atoms with van der Waals surface area (Å²) in [7, 11) is 0. The van der Waals surface area contributed by atoms with Crippen molar-refractivity contribution in [3.63, 3.8) is 0 Å². The van der Waals surface area contributed by atoms with Crippen LogP contribution >= 0.6 is 0 Å². The molecule has 2 rings (SSSR count). The second-order valence-corrected chi connectivity index (χ2v) is 3.74. The van der Waals surface area contributed by atoms with Crippen LogP contribution < -0.4 is 0 Å². The van der Waals surface area contributed by atoms with Crippen molar-refractivity contribution < 1.29 is 4.79 Å². The van der Waals surface area contributed by atoms with Crippen LogP contribution in [0, 0.1) is 0 Å². The van der Waals surface area contributed by atoms with E-state index in [1.165, 1.54) is 0 Å². The summed E-state index contributed by atoms with van der Waals surface area (Å²) < 4.78 is 0. The molecule has 0 aromatic carbocycles. The van der Waals surface area contributed by atoms with Crippen molar-refractivity contribution in [2.45, 2.75) is 13.8 Å². The summed E-state index contributed by atoms with van der Waals surface area (Å²) in [4.78, 5) is 22.2. The summed E-state index contributed by atoms with van der Waals surface area (Å²) in [5.74, 6) is -0.0197. The summed E-state index contributed by atoms with van der Waals surface area (Å²) in [6.07, 6.45) is 3.43. The Bertz CT molecular complexity index is 535. The Morgan fingerprint density at radius 3 is 2.71 bits per heavy atom. The molecule has 0 saturated carbocycles. The third kappa shape index (κ3) is 2.25. The molecule has 17 heavy (non-hydrogen) atoms. The average Bonchev–Trinajstić information content (AvgIpc) is 2.39. The van der Waals surface area contributed by atoms with Crippen molar-refractivity contribution in [2.24, 2.45) is 0 Å². The molecule has 0 spiro atoms. The minimum absolute atomic E-state index is 0.0197. The minimum Gasteiger partial charge on any atom is -0.338 e. The Balaban J connectivity index is 2.39. The second kappa shape index (κ2) is 4.91. The van der Waals surface area contributed by atoms with E-state index in [2.05, 4.69) is 9.97 Å². The molecular weight excluding hydrogens is 214 g/mol. The van der Waals surface area contributed by atoms with E-state index in [9.17, 15) is 4.79 Å². The van der Waals surface area contributed by atoms with Gasteiger partial charge in [0.1, 0.15) is 5.69 Å². The molecule has 2 aromatic heterocycles. The summed E-state index contributed by atoms with van der Waals surface area (Å²) in [5.41, 5.74) is 1.30. The number of fused-ring (bicyclic) bond motifs is 1. The van der Waals surface area contributed by atoms with Crippen molar-refractivity contribution >= 4 is 16.8 Å². The van der Waals surface area contributed by atoms with E-state index in [0.29, 0.717) is 18.8 Å². The van der Waals surface area contributed by atoms with E-state index in [-0.39, 0.29) is 5.91 Å². The van der Waals surface area contributed by atoms with E-state index in [1.54, 1.807) is 23.4 Å². The lowest BCUT2D eigenvalue weighted by Crippen LogP contribution is -2.31. The van der Waals surface area contributed by atoms with Gasteiger partial charge < -0.3 is 4.90 Å². The SMILES string of the molecule is CCN(CC)C(=O)c1ccc2cnccc2n1. The Morgan fingerprint density at radius 1 is 1.24 bits per heavy atom. The maximum atomic E-state index is 12.1. The molecular formula is C13H15N3O. The summed E-state index contributed by atoms with van der Waals surface area (Å²) in [6, 6.07) is 5.45. The van der Waals surface area contributed by atoms with Crippen molar-refractivity contribution in [3.8, 4) is 0 Å². The Hall–Kier alpha value is -1.97. The number of carbonyl (C=O) groups is 1. The fourth-order valence-corrected chi connectivity index (χ4v) is 1.76. The standard InChI is InChI=1S/C13H15N3O/c1-3-16(4-2)13(17)12-6-5-10-9-14-8-7-11(10)15-12/h5-9H,3-4H2,1-2H3. The molecule has 88 valence electrons. The quantitative estimate of drug-likeness (QED) is 0.809. The number of hydrogen-bond donors (Lipinski definition) is 0. The highest BCUT2D eigenvalue weighted by molar-refractivity contribution is 5.94. The first kappa shape index (κ1) is 11.5. The molecule has 2 aromatic rings. The Kier molecular flexibility index (Phi) is 3.32. The van der Waals surface area contributed by atoms with Gasteiger partial charge in [0.15, 0.2) is 0 Å². The zero-order valence-electron chi connectivity index (χ0n) is 10.1. The Labute approximate surface area is 100 Å². The molecule has 2 heterocycles. The molecule has 0 fully saturated rings. The lowest BCUT2D eigenvalue weighted by molar-refractivity contribution is 0.0767. The third-order valence-electron chi connectivity index (χ3n) is 2.76. The minimum atomic E-state index is -0.0197. The number of hydrogen-bond acceptors (Lipinski definition) is 3. The number of pyridine rings is 2. The lowest BCUT2D eigenvalue weighted by Gasteiger charge is -2.17. The molecule has 0 atom stereocenters. The van der Waals surface area contributed by atoms with Gasteiger partial charge in [-0.2, -0.15) is 0 Å². The predicted molar refractivity (Wildman–Crippen MR) is 66.8 cm³/mol. The zero-order valence-corrected chi connectivity index (χ0v) is 10.1. The maximum Gasteiger partial charge on any atom is 0.272 e. The summed E-state index contributed by atoms with van der Waals surface area (Å²) in [6.45, 7) is 5.33. The van der Waals surface area contributed by atoms with Crippen LogP contribution in [0.1, 0.15) is 24.3 Å². The Morgan fingerprint density at radius 2 is 2.00 bits per heavy atom. The van der Waals surface area contributed by atoms with Crippen LogP contribution in [0.3, 0.4) is 0 Å². The normalized spacial score (nSPS) is 10.5. The maximum absolute atomic E-state index is 12.1. The van der Waals surface area contributed by atoms with E-state index in [1.807, 2.05) is 26.0 Å². The van der Waals surface area contributed by atoms with Gasteiger partial charge in [0.2, 0.25) is 0 Å². The summed E-state index contributed by atoms with van der Waals surface area (Å²) in [5, 5.41) is 0.948. The predicted octanol–water partition coefficient (Wildman–Crippen LogP) is 2.11. The van der Waals surface area contributed by atoms with Gasteiger partial charge in [-0.3, -0.25) is 9.78 Å². The van der Waals surface area contributed by atoms with Crippen LogP contribution in [0.25, 0.3) is 10.9 Å². The first-order chi connectivity index (χ1) is 8.26. The monoisotopic (exact) mass is 229 g/mol. The van der Waals surface area contributed by atoms with E-state index in [0.717, 1.165) is 10.9 Å². The lowest BCUT2D eigenvalue weighted by atomic mass is 10.2. The molecule has 0 aliphatic carbocycles. The molecule has 1 amide bonds. The molecule has 0 unspecified atom stereocenters. The van der Waals surface area contributed by atoms with E-state index < -0.39 is 0 Å². The molecule has 0 bridgehead atoms. The fourth-order valence-electron chi connectivity index (χ4n) is 1.76. The molecule has 4 heteroatoms. The van der Waals surface area contributed by atoms with Gasteiger partial charge in [-0.25, -0.2) is 4.98 Å². The molecule has 0 radical (unpaired) electrons. The van der Waals surface area contributed by atoms with Crippen LogP contribution in [0.15, 0.2) is 30.6 Å². The molecule has 0 aliphatic heterocycles. The topological polar surface area (TPSA) is 46.1 Å². The number of aromatic nitrogens is 2. The van der Waals surface area contributed by atoms with Gasteiger partial charge in [0, 0.05) is 30.9 Å². The van der Waals surface area contributed by atoms with Crippen LogP contribution in [0.4, 0.5) is 0 Å². The highest BCUT2D eigenvalue weighted by Gasteiger charge is 2.13. The van der Waals surface area contributed by atoms with Crippen molar-refractivity contribution in [1.29, 1.82) is 0 Å². The smallest absolute Gasteiger partial charge is 0.272 e. The molecule has 0 N–H and O–H groups in total. The highest BCUT2D eigenvalue weighted by atomic mass is 16.2. The second-order valence-electron chi connectivity index (χ2n) is 3.74. The molecule has 4 nitrogen and oxygen atoms in total. The third-order valence-corrected chi connectivity index (χ3v) is 2.76. The van der Waals surface area contributed by atoms with E-state index in [4.69, 9.17) is 0 Å². The largest absolute Gasteiger partial charge is 0.338 e. The van der Waals surface area contributed by atoms with Gasteiger partial charge in [-0.05, 0) is 32.0 Å². The van der Waals surface area contributed by atoms with Crippen LogP contribution in [0.5, 0.6) is 0 Å². The number of amides is 1. The van der Waals surface area contributed by atoms with Crippen LogP contribution in [-0.4, -0.2) is 33.9 Å². The van der Waals surface area contributed by atoms with Crippen molar-refractivity contribution in [1.82, 2.24) is 14.9 Å². The van der Waals surface area contributed by atoms with Crippen LogP contribution in [-0.2, 0) is 0 Å². The van der Waals surface area contributed by atoms with Gasteiger partial charge >= 0.3 is 0 Å². The van der Waals surface area contributed by atoms with Gasteiger partial charge in [-0.15, -0.1) is 0 Å². The summed E-state index contributed by atoms with van der Waals surface area (Å²) >= 11 is 0. The molecule has 0 saturated heterocycles. The van der Waals surface area contributed by atoms with Crippen molar-refractivity contribution in [3.05, 3.63) is 36.3 Å². The van der Waals surface area contributed by atoms with E-state index >= 15 is 0 Å². The first-order valence-corrected chi connectivity index (χ1v) is 5.76.